The van der Waals surface area contributed by atoms with Crippen molar-refractivity contribution in [3.8, 4) is 11.5 Å². The summed E-state index contributed by atoms with van der Waals surface area (Å²) in [6.45, 7) is 0. The van der Waals surface area contributed by atoms with Crippen molar-refractivity contribution < 1.29 is 32.3 Å². The largest absolute Gasteiger partial charge is 0.497 e. The lowest BCUT2D eigenvalue weighted by atomic mass is 10.2. The summed E-state index contributed by atoms with van der Waals surface area (Å²) < 4.78 is 37.8. The highest BCUT2D eigenvalue weighted by Gasteiger charge is 2.21. The van der Waals surface area contributed by atoms with E-state index in [4.69, 9.17) is 19.4 Å². The van der Waals surface area contributed by atoms with Crippen LogP contribution in [0.25, 0.3) is 10.9 Å². The maximum Gasteiger partial charge on any atom is 0.356 e. The Morgan fingerprint density at radius 1 is 1.23 bits per heavy atom. The van der Waals surface area contributed by atoms with E-state index in [2.05, 4.69) is 11.5 Å². The average molecular weight is 390 g/mol. The smallest absolute Gasteiger partial charge is 0.356 e. The van der Waals surface area contributed by atoms with E-state index in [1.54, 1.807) is 30.9 Å². The monoisotopic (exact) mass is 390 g/mol. The van der Waals surface area contributed by atoms with Gasteiger partial charge < -0.3 is 30.6 Å². The number of aromatic nitrogens is 1. The Labute approximate surface area is 150 Å². The fraction of sp³-hybridized carbons (Fsp3) is 0.286. The molecule has 0 amide bonds. The van der Waals surface area contributed by atoms with Crippen LogP contribution in [-0.4, -0.2) is 55.0 Å². The molecule has 2 rings (SSSR count). The summed E-state index contributed by atoms with van der Waals surface area (Å²) in [6, 6.07) is 5.36. The maximum absolute atomic E-state index is 11.2. The van der Waals surface area contributed by atoms with Crippen LogP contribution >= 0.6 is 0 Å². The van der Waals surface area contributed by atoms with Gasteiger partial charge in [0.05, 0.1) is 26.0 Å². The van der Waals surface area contributed by atoms with Crippen molar-refractivity contribution in [2.24, 2.45) is 18.5 Å². The number of nitrogens with zero attached hydrogens (tertiary/aromatic N) is 1. The normalized spacial score (nSPS) is 10.0. The summed E-state index contributed by atoms with van der Waals surface area (Å²) in [5.74, 6) is -0.327. The summed E-state index contributed by atoms with van der Waals surface area (Å²) in [7, 11) is 1.05. The van der Waals surface area contributed by atoms with Gasteiger partial charge in [-0.05, 0) is 18.2 Å². The number of carboxylic acids is 1. The Hall–Kier alpha value is -2.99. The van der Waals surface area contributed by atoms with Gasteiger partial charge in [-0.15, -0.1) is 0 Å². The molecule has 0 saturated carbocycles. The molecule has 0 atom stereocenters. The molecule has 0 bridgehead atoms. The molecule has 0 saturated heterocycles. The van der Waals surface area contributed by atoms with Gasteiger partial charge in [-0.3, -0.25) is 9.96 Å². The van der Waals surface area contributed by atoms with Crippen LogP contribution in [-0.2, 0) is 17.2 Å². The number of nitrogens with one attached hydrogen (secondary N) is 1. The first-order chi connectivity index (χ1) is 11.8. The van der Waals surface area contributed by atoms with Gasteiger partial charge in [0.2, 0.25) is 0 Å². The highest BCUT2D eigenvalue weighted by atomic mass is 32.2. The minimum Gasteiger partial charge on any atom is -0.497 e. The molecule has 0 aliphatic carbocycles. The second-order valence-electron chi connectivity index (χ2n) is 4.82. The number of carboxylic acid groups (broad SMARTS) is 1. The Morgan fingerprint density at radius 3 is 2.04 bits per heavy atom. The number of aryl methyl sites for hydroxylation is 1. The van der Waals surface area contributed by atoms with Crippen molar-refractivity contribution in [1.82, 2.24) is 4.57 Å². The highest BCUT2D eigenvalue weighted by Crippen LogP contribution is 2.34. The van der Waals surface area contributed by atoms with Gasteiger partial charge in [0, 0.05) is 12.4 Å². The lowest BCUT2D eigenvalue weighted by Gasteiger charge is -2.01. The van der Waals surface area contributed by atoms with E-state index in [9.17, 15) is 18.3 Å². The van der Waals surface area contributed by atoms with Gasteiger partial charge in [0.25, 0.3) is 10.1 Å². The van der Waals surface area contributed by atoms with E-state index < -0.39 is 16.1 Å². The van der Waals surface area contributed by atoms with Crippen molar-refractivity contribution in [2.45, 2.75) is 0 Å². The number of hydrogen-bond acceptors (Lipinski definition) is 6. The van der Waals surface area contributed by atoms with Crippen molar-refractivity contribution in [3.05, 3.63) is 23.9 Å². The minimum absolute atomic E-state index is 0.135. The maximum atomic E-state index is 11.2. The Balaban J connectivity index is 0.000000582. The predicted octanol–water partition coefficient (Wildman–Crippen LogP) is 0.236. The van der Waals surface area contributed by atoms with Crippen LogP contribution < -0.4 is 20.9 Å². The number of fused-ring (bicyclic) bond motifs is 1. The number of nitrogens with two attached hydrogens (primary N) is 2. The van der Waals surface area contributed by atoms with E-state index >= 15 is 0 Å². The lowest BCUT2D eigenvalue weighted by molar-refractivity contribution is 0.0683. The zero-order valence-electron chi connectivity index (χ0n) is 14.7. The predicted molar refractivity (Wildman–Crippen MR) is 96.6 cm³/mol. The van der Waals surface area contributed by atoms with E-state index in [0.29, 0.717) is 17.8 Å². The molecule has 0 radical (unpaired) electrons. The molecule has 11 nitrogen and oxygen atoms in total. The summed E-state index contributed by atoms with van der Waals surface area (Å²) in [6.07, 6.45) is 0.715. The van der Waals surface area contributed by atoms with Crippen LogP contribution in [0.5, 0.6) is 11.5 Å². The third-order valence-corrected chi connectivity index (χ3v) is 2.77. The molecule has 1 heterocycles. The Bertz CT molecular complexity index is 878. The quantitative estimate of drug-likeness (QED) is 0.277. The average Bonchev–Trinajstić information content (AvgIpc) is 2.76. The molecular formula is C14H22N4O7S. The highest BCUT2D eigenvalue weighted by molar-refractivity contribution is 7.85. The molecule has 0 aliphatic rings. The van der Waals surface area contributed by atoms with Crippen LogP contribution in [0.3, 0.4) is 0 Å². The number of hydrogen-bond donors (Lipinski definition) is 5. The third kappa shape index (κ3) is 7.27. The van der Waals surface area contributed by atoms with E-state index in [1.807, 2.05) is 6.07 Å². The number of rotatable bonds is 3. The molecule has 0 fully saturated rings. The van der Waals surface area contributed by atoms with Crippen molar-refractivity contribution in [3.63, 3.8) is 0 Å². The van der Waals surface area contributed by atoms with E-state index in [1.165, 1.54) is 7.11 Å². The fourth-order valence-corrected chi connectivity index (χ4v) is 1.96. The van der Waals surface area contributed by atoms with Gasteiger partial charge in [-0.2, -0.15) is 8.42 Å². The van der Waals surface area contributed by atoms with Crippen LogP contribution in [0.2, 0.25) is 0 Å². The van der Waals surface area contributed by atoms with Crippen LogP contribution in [0.4, 0.5) is 0 Å². The third-order valence-electron chi connectivity index (χ3n) is 2.77. The number of aromatic carboxylic acids is 1. The zero-order valence-corrected chi connectivity index (χ0v) is 15.5. The number of benzene rings is 1. The molecule has 0 spiro atoms. The first-order valence-electron chi connectivity index (χ1n) is 6.79. The summed E-state index contributed by atoms with van der Waals surface area (Å²) in [5.41, 5.74) is 9.87. The molecule has 0 aliphatic heterocycles. The van der Waals surface area contributed by atoms with Crippen LogP contribution in [0.1, 0.15) is 10.5 Å². The molecule has 7 N–H and O–H groups in total. The number of methoxy groups -OCH3 is 2. The van der Waals surface area contributed by atoms with Crippen molar-refractivity contribution in [2.75, 3.05) is 20.5 Å². The molecule has 1 aromatic carbocycles. The number of carbonyl (C=O) groups is 1. The van der Waals surface area contributed by atoms with Gasteiger partial charge in [-0.1, -0.05) is 0 Å². The summed E-state index contributed by atoms with van der Waals surface area (Å²) >= 11 is 0. The van der Waals surface area contributed by atoms with Crippen LogP contribution in [0.15, 0.2) is 18.2 Å². The van der Waals surface area contributed by atoms with Gasteiger partial charge in [-0.25, -0.2) is 4.79 Å². The fourth-order valence-electron chi connectivity index (χ4n) is 1.96. The lowest BCUT2D eigenvalue weighted by Crippen LogP contribution is -2.20. The van der Waals surface area contributed by atoms with Crippen LogP contribution in [0, 0.1) is 5.41 Å². The molecule has 1 aromatic heterocycles. The first kappa shape index (κ1) is 23.0. The summed E-state index contributed by atoms with van der Waals surface area (Å²) in [4.78, 5) is 11.2. The Morgan fingerprint density at radius 2 is 1.69 bits per heavy atom. The topological polar surface area (TPSA) is 191 Å². The molecule has 12 heteroatoms. The molecular weight excluding hydrogens is 368 g/mol. The van der Waals surface area contributed by atoms with Crippen molar-refractivity contribution >= 4 is 32.9 Å². The molecule has 146 valence electrons. The van der Waals surface area contributed by atoms with Crippen molar-refractivity contribution in [1.29, 1.82) is 5.41 Å². The van der Waals surface area contributed by atoms with Gasteiger partial charge in [0.1, 0.15) is 5.75 Å². The molecule has 0 unspecified atom stereocenters. The number of guanidine groups is 1. The standard InChI is InChI=1S/C12H13NO4.CH5N3.CH4O3S/c1-13-9-5-4-7(16-2)6-8(9)11(17-3)10(13)12(14)15;2-1(3)4;1-5(2,3)4/h4-6H,1-3H3,(H,14,15);(H5,2,3,4);1H3,(H,2,3,4). The zero-order chi connectivity index (χ0) is 20.7. The van der Waals surface area contributed by atoms with E-state index in [-0.39, 0.29) is 11.7 Å². The second kappa shape index (κ2) is 9.48. The summed E-state index contributed by atoms with van der Waals surface area (Å²) in [5, 5.41) is 16.0. The number of ether oxygens (including phenoxy) is 2. The molecule has 26 heavy (non-hydrogen) atoms. The Kier molecular flexibility index (Phi) is 8.39. The molecule has 2 aromatic rings. The second-order valence-corrected chi connectivity index (χ2v) is 6.28. The minimum atomic E-state index is -3.67. The van der Waals surface area contributed by atoms with E-state index in [0.717, 1.165) is 10.9 Å². The van der Waals surface area contributed by atoms with Gasteiger partial charge >= 0.3 is 5.97 Å². The first-order valence-corrected chi connectivity index (χ1v) is 8.63. The SMILES string of the molecule is COc1ccc2c(c1)c(OC)c(C(=O)O)n2C.CS(=O)(=O)O.N=C(N)N. The van der Waals surface area contributed by atoms with Gasteiger partial charge in [0.15, 0.2) is 17.4 Å².